The second-order valence-corrected chi connectivity index (χ2v) is 8.31. The number of rotatable bonds is 3. The van der Waals surface area contributed by atoms with E-state index >= 15 is 0 Å². The summed E-state index contributed by atoms with van der Waals surface area (Å²) in [5.41, 5.74) is 2.75. The summed E-state index contributed by atoms with van der Waals surface area (Å²) in [6, 6.07) is 3.92. The molecule has 0 unspecified atom stereocenters. The molecule has 0 heterocycles. The summed E-state index contributed by atoms with van der Waals surface area (Å²) in [4.78, 5) is 24.8. The number of amides is 1. The Kier molecular flexibility index (Phi) is 3.60. The van der Waals surface area contributed by atoms with Crippen molar-refractivity contribution in [3.05, 3.63) is 39.9 Å². The summed E-state index contributed by atoms with van der Waals surface area (Å²) >= 11 is 3.46. The molecule has 4 nitrogen and oxygen atoms in total. The van der Waals surface area contributed by atoms with Crippen LogP contribution in [0.5, 0.6) is 0 Å². The second kappa shape index (κ2) is 5.45. The first-order valence-corrected chi connectivity index (χ1v) is 9.16. The first kappa shape index (κ1) is 15.9. The Bertz CT molecular complexity index is 749. The number of halogens is 1. The number of anilines is 1. The number of fused-ring (bicyclic) bond motifs is 1. The highest BCUT2D eigenvalue weighted by Gasteiger charge is 2.63. The first-order chi connectivity index (χ1) is 11.4. The highest BCUT2D eigenvalue weighted by atomic mass is 79.9. The number of carboxylic acids is 1. The Labute approximate surface area is 149 Å². The molecule has 1 aromatic rings. The zero-order chi connectivity index (χ0) is 17.2. The molecule has 0 radical (unpaired) electrons. The van der Waals surface area contributed by atoms with Gasteiger partial charge in [0, 0.05) is 10.2 Å². The van der Waals surface area contributed by atoms with Crippen molar-refractivity contribution in [1.82, 2.24) is 0 Å². The molecule has 1 amide bonds. The molecule has 2 fully saturated rings. The molecule has 5 rings (SSSR count). The molecule has 0 saturated heterocycles. The van der Waals surface area contributed by atoms with Crippen LogP contribution >= 0.6 is 15.9 Å². The number of hydrogen-bond acceptors (Lipinski definition) is 2. The number of aliphatic carboxylic acids is 1. The van der Waals surface area contributed by atoms with E-state index in [-0.39, 0.29) is 17.7 Å². The van der Waals surface area contributed by atoms with Crippen LogP contribution in [0, 0.1) is 49.4 Å². The van der Waals surface area contributed by atoms with Crippen LogP contribution in [0.1, 0.15) is 17.5 Å². The van der Waals surface area contributed by atoms with E-state index in [0.717, 1.165) is 27.7 Å². The van der Waals surface area contributed by atoms with Gasteiger partial charge in [0.05, 0.1) is 11.8 Å². The van der Waals surface area contributed by atoms with Crippen molar-refractivity contribution in [2.75, 3.05) is 5.32 Å². The molecule has 1 aromatic carbocycles. The summed E-state index contributed by atoms with van der Waals surface area (Å²) in [7, 11) is 0. The van der Waals surface area contributed by atoms with Crippen molar-refractivity contribution in [3.63, 3.8) is 0 Å². The van der Waals surface area contributed by atoms with Gasteiger partial charge in [0.1, 0.15) is 0 Å². The fourth-order valence-electron chi connectivity index (χ4n) is 4.88. The first-order valence-electron chi connectivity index (χ1n) is 8.37. The number of benzene rings is 1. The fourth-order valence-corrected chi connectivity index (χ4v) is 5.57. The van der Waals surface area contributed by atoms with Crippen molar-refractivity contribution in [3.8, 4) is 0 Å². The van der Waals surface area contributed by atoms with Gasteiger partial charge in [-0.05, 0) is 67.2 Å². The molecule has 0 spiro atoms. The standard InChI is InChI=1S/C19H20BrNO3/c1-8-5-10(20)6-9(2)17(8)21-18(22)15-11-3-4-12(14-7-13(11)14)16(15)19(23)24/h3-6,11-16H,7H2,1-2H3,(H,21,22)(H,23,24)/t11-,12-,13-,14-,15+,16-/m0/s1. The SMILES string of the molecule is Cc1cc(Br)cc(C)c1NC(=O)[C@@H]1[C@H]2C=C[C@@H]([C@@H]3C[C@@H]23)[C@@H]1C(=O)O. The summed E-state index contributed by atoms with van der Waals surface area (Å²) in [6.07, 6.45) is 5.19. The van der Waals surface area contributed by atoms with E-state index < -0.39 is 17.8 Å². The Morgan fingerprint density at radius 3 is 2.17 bits per heavy atom. The molecule has 6 atom stereocenters. The van der Waals surface area contributed by atoms with Crippen LogP contribution < -0.4 is 5.32 Å². The monoisotopic (exact) mass is 389 g/mol. The number of nitrogens with one attached hydrogen (secondary N) is 1. The van der Waals surface area contributed by atoms with Crippen molar-refractivity contribution in [2.45, 2.75) is 20.3 Å². The van der Waals surface area contributed by atoms with Gasteiger partial charge in [-0.1, -0.05) is 28.1 Å². The molecule has 0 aliphatic heterocycles. The lowest BCUT2D eigenvalue weighted by Gasteiger charge is -2.41. The smallest absolute Gasteiger partial charge is 0.307 e. The summed E-state index contributed by atoms with van der Waals surface area (Å²) in [5.74, 6) is -1.01. The van der Waals surface area contributed by atoms with Gasteiger partial charge in [-0.15, -0.1) is 0 Å². The zero-order valence-corrected chi connectivity index (χ0v) is 15.2. The third kappa shape index (κ3) is 2.32. The third-order valence-corrected chi connectivity index (χ3v) is 6.44. The molecule has 2 N–H and O–H groups in total. The van der Waals surface area contributed by atoms with Crippen LogP contribution in [0.2, 0.25) is 0 Å². The van der Waals surface area contributed by atoms with Gasteiger partial charge in [0.25, 0.3) is 0 Å². The number of hydrogen-bond donors (Lipinski definition) is 2. The Hall–Kier alpha value is -1.62. The van der Waals surface area contributed by atoms with Crippen LogP contribution in [-0.2, 0) is 9.59 Å². The predicted octanol–water partition coefficient (Wildman–Crippen LogP) is 3.77. The van der Waals surface area contributed by atoms with E-state index in [1.165, 1.54) is 0 Å². The molecule has 2 saturated carbocycles. The van der Waals surface area contributed by atoms with Crippen LogP contribution in [0.4, 0.5) is 5.69 Å². The quantitative estimate of drug-likeness (QED) is 0.773. The third-order valence-electron chi connectivity index (χ3n) is 5.99. The van der Waals surface area contributed by atoms with Gasteiger partial charge in [0.15, 0.2) is 0 Å². The topological polar surface area (TPSA) is 66.4 Å². The molecule has 4 aliphatic carbocycles. The van der Waals surface area contributed by atoms with Crippen LogP contribution in [-0.4, -0.2) is 17.0 Å². The van der Waals surface area contributed by atoms with Crippen molar-refractivity contribution in [1.29, 1.82) is 0 Å². The minimum absolute atomic E-state index is 0.0142. The van der Waals surface area contributed by atoms with E-state index in [1.54, 1.807) is 0 Å². The van der Waals surface area contributed by atoms with Gasteiger partial charge < -0.3 is 10.4 Å². The lowest BCUT2D eigenvalue weighted by molar-refractivity contribution is -0.152. The number of carbonyl (C=O) groups is 2. The van der Waals surface area contributed by atoms with E-state index in [1.807, 2.05) is 32.1 Å². The maximum atomic E-state index is 13.0. The average molecular weight is 390 g/mol. The molecule has 4 aliphatic rings. The van der Waals surface area contributed by atoms with Crippen molar-refractivity contribution >= 4 is 33.5 Å². The summed E-state index contributed by atoms with van der Waals surface area (Å²) < 4.78 is 0.972. The van der Waals surface area contributed by atoms with E-state index in [0.29, 0.717) is 11.8 Å². The minimum Gasteiger partial charge on any atom is -0.481 e. The number of allylic oxidation sites excluding steroid dienone is 2. The van der Waals surface area contributed by atoms with Crippen molar-refractivity contribution in [2.24, 2.45) is 35.5 Å². The predicted molar refractivity (Wildman–Crippen MR) is 94.6 cm³/mol. The second-order valence-electron chi connectivity index (χ2n) is 7.40. The van der Waals surface area contributed by atoms with Gasteiger partial charge in [-0.25, -0.2) is 0 Å². The maximum Gasteiger partial charge on any atom is 0.307 e. The van der Waals surface area contributed by atoms with Crippen LogP contribution in [0.3, 0.4) is 0 Å². The van der Waals surface area contributed by atoms with Gasteiger partial charge in [-0.3, -0.25) is 9.59 Å². The molecular weight excluding hydrogens is 370 g/mol. The van der Waals surface area contributed by atoms with Gasteiger partial charge in [0.2, 0.25) is 5.91 Å². The summed E-state index contributed by atoms with van der Waals surface area (Å²) in [6.45, 7) is 3.90. The molecule has 5 heteroatoms. The van der Waals surface area contributed by atoms with Gasteiger partial charge >= 0.3 is 5.97 Å². The lowest BCUT2D eigenvalue weighted by atomic mass is 9.62. The molecule has 2 bridgehead atoms. The Balaban J connectivity index is 1.65. The Morgan fingerprint density at radius 2 is 1.62 bits per heavy atom. The minimum atomic E-state index is -0.843. The fraction of sp³-hybridized carbons (Fsp3) is 0.474. The number of carboxylic acid groups (broad SMARTS) is 1. The highest BCUT2D eigenvalue weighted by Crippen LogP contribution is 2.63. The van der Waals surface area contributed by atoms with E-state index in [2.05, 4.69) is 27.3 Å². The molecular formula is C19H20BrNO3. The summed E-state index contributed by atoms with van der Waals surface area (Å²) in [5, 5.41) is 12.7. The normalized spacial score (nSPS) is 35.5. The largest absolute Gasteiger partial charge is 0.481 e. The maximum absolute atomic E-state index is 13.0. The lowest BCUT2D eigenvalue weighted by Crippen LogP contribution is -2.48. The highest BCUT2D eigenvalue weighted by molar-refractivity contribution is 9.10. The molecule has 0 aromatic heterocycles. The van der Waals surface area contributed by atoms with Crippen molar-refractivity contribution < 1.29 is 14.7 Å². The van der Waals surface area contributed by atoms with Gasteiger partial charge in [-0.2, -0.15) is 0 Å². The van der Waals surface area contributed by atoms with E-state index in [4.69, 9.17) is 0 Å². The molecule has 126 valence electrons. The van der Waals surface area contributed by atoms with Crippen LogP contribution in [0.15, 0.2) is 28.8 Å². The van der Waals surface area contributed by atoms with Crippen LogP contribution in [0.25, 0.3) is 0 Å². The number of aryl methyl sites for hydroxylation is 2. The Morgan fingerprint density at radius 1 is 1.08 bits per heavy atom. The zero-order valence-electron chi connectivity index (χ0n) is 13.6. The van der Waals surface area contributed by atoms with E-state index in [9.17, 15) is 14.7 Å². The average Bonchev–Trinajstić information content (AvgIpc) is 3.31. The molecule has 24 heavy (non-hydrogen) atoms. The number of carbonyl (C=O) groups excluding carboxylic acids is 1.